The predicted molar refractivity (Wildman–Crippen MR) is 95.7 cm³/mol. The van der Waals surface area contributed by atoms with Crippen LogP contribution in [0.15, 0.2) is 12.1 Å². The van der Waals surface area contributed by atoms with Crippen LogP contribution in [0.25, 0.3) is 0 Å². The second-order valence-corrected chi connectivity index (χ2v) is 7.67. The highest BCUT2D eigenvalue weighted by molar-refractivity contribution is 5.96. The first-order chi connectivity index (χ1) is 13.4. The van der Waals surface area contributed by atoms with Crippen LogP contribution >= 0.6 is 0 Å². The largest absolute Gasteiger partial charge is 0.476 e. The van der Waals surface area contributed by atoms with Gasteiger partial charge in [-0.15, -0.1) is 0 Å². The molecule has 1 unspecified atom stereocenters. The van der Waals surface area contributed by atoms with Gasteiger partial charge in [-0.1, -0.05) is 0 Å². The van der Waals surface area contributed by atoms with E-state index in [0.29, 0.717) is 37.6 Å². The Bertz CT molecular complexity index is 776. The maximum atomic E-state index is 13.3. The number of carbonyl (C=O) groups is 2. The van der Waals surface area contributed by atoms with Gasteiger partial charge < -0.3 is 19.3 Å². The molecule has 4 rings (SSSR count). The van der Waals surface area contributed by atoms with Crippen LogP contribution in [0, 0.1) is 5.92 Å². The number of pyridine rings is 1. The molecule has 2 aliphatic heterocycles. The molecule has 1 amide bonds. The lowest BCUT2D eigenvalue weighted by Crippen LogP contribution is -2.56. The van der Waals surface area contributed by atoms with Gasteiger partial charge in [0, 0.05) is 6.54 Å². The van der Waals surface area contributed by atoms with Crippen molar-refractivity contribution in [2.24, 2.45) is 5.92 Å². The van der Waals surface area contributed by atoms with Crippen LogP contribution in [0.4, 0.5) is 14.5 Å². The molecule has 1 aromatic rings. The average molecular weight is 395 g/mol. The van der Waals surface area contributed by atoms with E-state index >= 15 is 0 Å². The Hall–Kier alpha value is -2.45. The van der Waals surface area contributed by atoms with Gasteiger partial charge in [-0.3, -0.25) is 4.79 Å². The third-order valence-corrected chi connectivity index (χ3v) is 5.38. The van der Waals surface area contributed by atoms with Crippen LogP contribution in [-0.2, 0) is 9.53 Å². The molecule has 3 aliphatic rings. The van der Waals surface area contributed by atoms with Crippen LogP contribution in [0.1, 0.15) is 36.2 Å². The first-order valence-corrected chi connectivity index (χ1v) is 9.53. The van der Waals surface area contributed by atoms with E-state index in [4.69, 9.17) is 9.47 Å². The molecule has 0 aromatic carbocycles. The summed E-state index contributed by atoms with van der Waals surface area (Å²) >= 11 is 0. The summed E-state index contributed by atoms with van der Waals surface area (Å²) in [6.45, 7) is 0.117. The number of hydrogen-bond acceptors (Lipinski definition) is 6. The minimum absolute atomic E-state index is 0.137. The Morgan fingerprint density at radius 2 is 2.00 bits per heavy atom. The Balaban J connectivity index is 1.55. The number of likely N-dealkylation sites (tertiary alicyclic amines) is 1. The highest BCUT2D eigenvalue weighted by Gasteiger charge is 2.45. The number of esters is 1. The summed E-state index contributed by atoms with van der Waals surface area (Å²) in [6.07, 6.45) is 3.40. The molecule has 1 aromatic heterocycles. The van der Waals surface area contributed by atoms with Gasteiger partial charge in [0.2, 0.25) is 5.88 Å². The molecule has 1 aliphatic carbocycles. The van der Waals surface area contributed by atoms with E-state index in [2.05, 4.69) is 4.98 Å². The molecular weight excluding hydrogens is 372 g/mol. The standard InChI is InChI=1S/C19H23F2N3O4/c1-27-18(26)15-3-2-8-24(15)17(25)13-6-7-14(23-10-19(20,21)11-23)16(22-13)28-9-12-4-5-12/h6-7,12,15H,2-5,8-11H2,1H3. The second kappa shape index (κ2) is 7.18. The summed E-state index contributed by atoms with van der Waals surface area (Å²) < 4.78 is 37.1. The van der Waals surface area contributed by atoms with Gasteiger partial charge in [0.15, 0.2) is 0 Å². The van der Waals surface area contributed by atoms with Crippen LogP contribution in [-0.4, -0.2) is 67.1 Å². The van der Waals surface area contributed by atoms with Crippen molar-refractivity contribution in [2.45, 2.75) is 37.6 Å². The molecule has 0 radical (unpaired) electrons. The molecule has 3 fully saturated rings. The highest BCUT2D eigenvalue weighted by atomic mass is 19.3. The van der Waals surface area contributed by atoms with Crippen molar-refractivity contribution in [1.29, 1.82) is 0 Å². The Morgan fingerprint density at radius 1 is 1.25 bits per heavy atom. The van der Waals surface area contributed by atoms with Crippen molar-refractivity contribution in [2.75, 3.05) is 38.3 Å². The Labute approximate surface area is 161 Å². The molecule has 28 heavy (non-hydrogen) atoms. The van der Waals surface area contributed by atoms with Gasteiger partial charge in [0.1, 0.15) is 17.4 Å². The Kier molecular flexibility index (Phi) is 4.84. The van der Waals surface area contributed by atoms with E-state index < -0.39 is 31.0 Å². The first kappa shape index (κ1) is 18.9. The smallest absolute Gasteiger partial charge is 0.328 e. The lowest BCUT2D eigenvalue weighted by atomic mass is 10.1. The van der Waals surface area contributed by atoms with Crippen molar-refractivity contribution in [3.8, 4) is 5.88 Å². The van der Waals surface area contributed by atoms with Crippen LogP contribution in [0.2, 0.25) is 0 Å². The van der Waals surface area contributed by atoms with E-state index in [0.717, 1.165) is 12.8 Å². The molecular formula is C19H23F2N3O4. The minimum Gasteiger partial charge on any atom is -0.476 e. The van der Waals surface area contributed by atoms with Gasteiger partial charge in [0.25, 0.3) is 11.8 Å². The molecule has 1 atom stereocenters. The number of amides is 1. The summed E-state index contributed by atoms with van der Waals surface area (Å²) in [5, 5.41) is 0. The predicted octanol–water partition coefficient (Wildman–Crippen LogP) is 2.10. The maximum absolute atomic E-state index is 13.3. The van der Waals surface area contributed by atoms with Gasteiger partial charge in [0.05, 0.1) is 26.8 Å². The Morgan fingerprint density at radius 3 is 2.64 bits per heavy atom. The minimum atomic E-state index is -2.72. The summed E-state index contributed by atoms with van der Waals surface area (Å²) in [7, 11) is 1.29. The number of aromatic nitrogens is 1. The van der Waals surface area contributed by atoms with Crippen molar-refractivity contribution >= 4 is 17.6 Å². The van der Waals surface area contributed by atoms with Crippen molar-refractivity contribution in [1.82, 2.24) is 9.88 Å². The van der Waals surface area contributed by atoms with Crippen LogP contribution in [0.5, 0.6) is 5.88 Å². The number of alkyl halides is 2. The van der Waals surface area contributed by atoms with Crippen molar-refractivity contribution < 1.29 is 27.8 Å². The van der Waals surface area contributed by atoms with Gasteiger partial charge in [-0.25, -0.2) is 18.6 Å². The number of hydrogen-bond donors (Lipinski definition) is 0. The third-order valence-electron chi connectivity index (χ3n) is 5.38. The van der Waals surface area contributed by atoms with E-state index in [1.165, 1.54) is 23.0 Å². The SMILES string of the molecule is COC(=O)C1CCCN1C(=O)c1ccc(N2CC(F)(F)C2)c(OCC2CC2)n1. The third kappa shape index (κ3) is 3.74. The quantitative estimate of drug-likeness (QED) is 0.687. The molecule has 152 valence electrons. The molecule has 2 saturated heterocycles. The lowest BCUT2D eigenvalue weighted by molar-refractivity contribution is -0.145. The fraction of sp³-hybridized carbons (Fsp3) is 0.632. The zero-order valence-electron chi connectivity index (χ0n) is 15.7. The summed E-state index contributed by atoms with van der Waals surface area (Å²) in [5.41, 5.74) is 0.603. The van der Waals surface area contributed by atoms with Gasteiger partial charge in [-0.2, -0.15) is 0 Å². The normalized spacial score (nSPS) is 23.3. The molecule has 7 nitrogen and oxygen atoms in total. The topological polar surface area (TPSA) is 72.0 Å². The monoisotopic (exact) mass is 395 g/mol. The molecule has 0 N–H and O–H groups in total. The number of ether oxygens (including phenoxy) is 2. The zero-order chi connectivity index (χ0) is 19.9. The summed E-state index contributed by atoms with van der Waals surface area (Å²) in [5.74, 6) is -2.90. The molecule has 3 heterocycles. The number of carbonyl (C=O) groups excluding carboxylic acids is 2. The lowest BCUT2D eigenvalue weighted by Gasteiger charge is -2.40. The summed E-state index contributed by atoms with van der Waals surface area (Å²) in [6, 6.07) is 2.48. The molecule has 0 bridgehead atoms. The number of nitrogens with zero attached hydrogens (tertiary/aromatic N) is 3. The van der Waals surface area contributed by atoms with Crippen molar-refractivity contribution in [3.63, 3.8) is 0 Å². The average Bonchev–Trinajstić information content (AvgIpc) is 3.36. The number of methoxy groups -OCH3 is 1. The number of rotatable bonds is 6. The fourth-order valence-electron chi connectivity index (χ4n) is 3.60. The van der Waals surface area contributed by atoms with Crippen molar-refractivity contribution in [3.05, 3.63) is 17.8 Å². The maximum Gasteiger partial charge on any atom is 0.328 e. The van der Waals surface area contributed by atoms with Gasteiger partial charge in [-0.05, 0) is 43.7 Å². The summed E-state index contributed by atoms with van der Waals surface area (Å²) in [4.78, 5) is 32.1. The number of halogens is 2. The van der Waals surface area contributed by atoms with E-state index in [1.54, 1.807) is 6.07 Å². The van der Waals surface area contributed by atoms with E-state index in [1.807, 2.05) is 0 Å². The van der Waals surface area contributed by atoms with Gasteiger partial charge >= 0.3 is 5.97 Å². The van der Waals surface area contributed by atoms with E-state index in [9.17, 15) is 18.4 Å². The fourth-order valence-corrected chi connectivity index (χ4v) is 3.60. The highest BCUT2D eigenvalue weighted by Crippen LogP contribution is 2.38. The van der Waals surface area contributed by atoms with Crippen LogP contribution < -0.4 is 9.64 Å². The first-order valence-electron chi connectivity index (χ1n) is 9.53. The number of anilines is 1. The zero-order valence-corrected chi connectivity index (χ0v) is 15.7. The van der Waals surface area contributed by atoms with E-state index in [-0.39, 0.29) is 17.5 Å². The molecule has 1 saturated carbocycles. The molecule has 9 heteroatoms. The molecule has 0 spiro atoms. The van der Waals surface area contributed by atoms with Crippen LogP contribution in [0.3, 0.4) is 0 Å². The second-order valence-electron chi connectivity index (χ2n) is 7.67.